The summed E-state index contributed by atoms with van der Waals surface area (Å²) >= 11 is 0.410. The predicted molar refractivity (Wildman–Crippen MR) is 15.0 cm³/mol. The minimum atomic E-state index is 0. The smallest absolute Gasteiger partial charge is 0.412 e. The van der Waals surface area contributed by atoms with Gasteiger partial charge in [-0.2, -0.15) is 0 Å². The van der Waals surface area contributed by atoms with Gasteiger partial charge in [0.1, 0.15) is 0 Å². The van der Waals surface area contributed by atoms with E-state index in [9.17, 15) is 0 Å². The Morgan fingerprint density at radius 3 is 1.75 bits per heavy atom. The van der Waals surface area contributed by atoms with Gasteiger partial charge < -0.3 is 5.48 Å². The van der Waals surface area contributed by atoms with Crippen LogP contribution >= 0.6 is 0 Å². The Labute approximate surface area is 58.7 Å². The van der Waals surface area contributed by atoms with Crippen molar-refractivity contribution < 1.29 is 5.48 Å². The van der Waals surface area contributed by atoms with E-state index in [0.717, 1.165) is 0 Å². The Morgan fingerprint density at radius 2 is 1.75 bits per heavy atom. The largest absolute Gasteiger partial charge is 0.412 e. The van der Waals surface area contributed by atoms with Crippen molar-refractivity contribution >= 4 is 49.0 Å². The Bertz CT molecular complexity index is 29.5. The van der Waals surface area contributed by atoms with Crippen LogP contribution in [-0.4, -0.2) is 54.4 Å². The number of rotatable bonds is 0. The Morgan fingerprint density at radius 1 is 1.75 bits per heavy atom. The molecular weight excluding hydrogens is 81.1 g/mol. The summed E-state index contributed by atoms with van der Waals surface area (Å²) in [4.78, 5) is 0. The molecule has 2 nitrogen and oxygen atoms in total. The molecule has 0 aromatic heterocycles. The molecule has 0 heterocycles. The summed E-state index contributed by atoms with van der Waals surface area (Å²) < 4.78 is 1.94. The zero-order valence-corrected chi connectivity index (χ0v) is 5.57. The van der Waals surface area contributed by atoms with Gasteiger partial charge in [0.25, 0.3) is 0 Å². The third-order valence-electron chi connectivity index (χ3n) is 0. The molecule has 3 heteroatoms. The molecule has 2 N–H and O–H groups in total. The second-order valence-electron chi connectivity index (χ2n) is 0.224. The second kappa shape index (κ2) is 8.94. The molecule has 0 saturated carbocycles. The van der Waals surface area contributed by atoms with Crippen LogP contribution in [0, 0.1) is 5.43 Å². The average Bonchev–Trinajstić information content (AvgIpc) is 0.918. The van der Waals surface area contributed by atoms with Crippen molar-refractivity contribution in [1.29, 1.82) is 5.26 Å². The van der Waals surface area contributed by atoms with Gasteiger partial charge in [-0.25, -0.2) is 0 Å². The number of nitrogens with zero attached hydrogens (tertiary/aromatic N) is 1. The molecule has 0 aliphatic carbocycles. The molecule has 0 unspecified atom stereocenters. The van der Waals surface area contributed by atoms with Gasteiger partial charge in [0.2, 0.25) is 0 Å². The van der Waals surface area contributed by atoms with E-state index in [2.05, 4.69) is 0 Å². The summed E-state index contributed by atoms with van der Waals surface area (Å²) in [5, 5.41) is 7.40. The Balaban J connectivity index is 0. The Hall–Kier alpha value is 1.09. The minimum Gasteiger partial charge on any atom is -0.412 e. The van der Waals surface area contributed by atoms with Crippen molar-refractivity contribution in [1.82, 2.24) is 0 Å². The molecule has 0 amide bonds. The Kier molecular flexibility index (Phi) is 19.9. The van der Waals surface area contributed by atoms with E-state index in [-0.39, 0.29) is 5.48 Å². The molecule has 0 aliphatic rings. The van der Waals surface area contributed by atoms with Gasteiger partial charge in [-0.15, -0.1) is 0 Å². The summed E-state index contributed by atoms with van der Waals surface area (Å²) in [7, 11) is 0. The maximum absolute atomic E-state index is 7.40. The fourth-order valence-electron chi connectivity index (χ4n) is 0. The molecule has 0 spiro atoms. The molecule has 18 valence electrons. The van der Waals surface area contributed by atoms with Crippen LogP contribution in [0.3, 0.4) is 0 Å². The quantitative estimate of drug-likeness (QED) is 0.340. The van der Waals surface area contributed by atoms with Crippen molar-refractivity contribution in [3.63, 3.8) is 0 Å². The van der Waals surface area contributed by atoms with E-state index in [1.54, 1.807) is 0 Å². The van der Waals surface area contributed by atoms with Gasteiger partial charge in [0, 0.05) is 0 Å². The van der Waals surface area contributed by atoms with Crippen molar-refractivity contribution in [2.75, 3.05) is 0 Å². The topological polar surface area (TPSA) is 55.3 Å². The van der Waals surface area contributed by atoms with Crippen LogP contribution in [0.2, 0.25) is 0 Å². The number of nitriles is 1. The SMILES string of the molecule is N#[C][K].O. The second-order valence-corrected chi connectivity index (χ2v) is 0.922. The minimum absolute atomic E-state index is 0. The molecule has 0 radical (unpaired) electrons. The number of hydrogen-bond donors (Lipinski definition) is 0. The summed E-state index contributed by atoms with van der Waals surface area (Å²) in [6.07, 6.45) is 0. The molecular formula is CH2KNO. The zero-order valence-electron chi connectivity index (χ0n) is 2.45. The first-order valence-electron chi connectivity index (χ1n) is 0.724. The molecule has 0 saturated heterocycles. The summed E-state index contributed by atoms with van der Waals surface area (Å²) in [5.74, 6) is 0. The summed E-state index contributed by atoms with van der Waals surface area (Å²) in [6.45, 7) is 0. The van der Waals surface area contributed by atoms with Gasteiger partial charge in [0.15, 0.2) is 0 Å². The molecule has 0 aliphatic heterocycles. The molecule has 0 bridgehead atoms. The molecule has 4 heavy (non-hydrogen) atoms. The number of hydrogen-bond acceptors (Lipinski definition) is 1. The van der Waals surface area contributed by atoms with Crippen molar-refractivity contribution in [3.05, 3.63) is 0 Å². The molecule has 0 fully saturated rings. The summed E-state index contributed by atoms with van der Waals surface area (Å²) in [5.41, 5.74) is 0. The molecule has 0 rings (SSSR count). The van der Waals surface area contributed by atoms with Gasteiger partial charge in [-0.3, -0.25) is 0 Å². The first-order valence-corrected chi connectivity index (χ1v) is 2.29. The zero-order chi connectivity index (χ0) is 2.71. The normalized spacial score (nSPS) is 2.25. The van der Waals surface area contributed by atoms with E-state index in [0.29, 0.717) is 49.0 Å². The average molecular weight is 83.1 g/mol. The van der Waals surface area contributed by atoms with Gasteiger partial charge in [0.05, 0.1) is 0 Å². The van der Waals surface area contributed by atoms with Crippen LogP contribution in [0.4, 0.5) is 0 Å². The third-order valence-corrected chi connectivity index (χ3v) is 0. The van der Waals surface area contributed by atoms with Crippen LogP contribution in [-0.2, 0) is 0 Å². The van der Waals surface area contributed by atoms with Crippen molar-refractivity contribution in [3.8, 4) is 0.164 Å². The van der Waals surface area contributed by atoms with Crippen LogP contribution in [0.1, 0.15) is 0 Å². The maximum atomic E-state index is 7.40. The first kappa shape index (κ1) is 8.92. The van der Waals surface area contributed by atoms with Gasteiger partial charge in [-0.05, 0) is 0 Å². The first-order chi connectivity index (χ1) is 1.41. The van der Waals surface area contributed by atoms with Gasteiger partial charge >= 0.3 is 54.4 Å². The predicted octanol–water partition coefficient (Wildman–Crippen LogP) is -1.19. The van der Waals surface area contributed by atoms with Crippen molar-refractivity contribution in [2.45, 2.75) is 0 Å². The standard InChI is InChI=1S/CN.K.H2O/c1-2;;/h;;1H2. The fourth-order valence-corrected chi connectivity index (χ4v) is 0. The maximum Gasteiger partial charge on any atom is -0.412 e. The van der Waals surface area contributed by atoms with E-state index in [1.165, 1.54) is 0 Å². The van der Waals surface area contributed by atoms with Crippen LogP contribution in [0.25, 0.3) is 0 Å². The van der Waals surface area contributed by atoms with Gasteiger partial charge in [-0.1, -0.05) is 0 Å². The fraction of sp³-hybridized carbons (Fsp3) is 0. The van der Waals surface area contributed by atoms with Crippen molar-refractivity contribution in [2.24, 2.45) is 0 Å². The monoisotopic (exact) mass is 83.0 g/mol. The van der Waals surface area contributed by atoms with E-state index in [1.807, 2.05) is 0.164 Å². The molecule has 0 atom stereocenters. The van der Waals surface area contributed by atoms with E-state index < -0.39 is 0 Å². The molecule has 0 aromatic rings. The summed E-state index contributed by atoms with van der Waals surface area (Å²) in [6, 6.07) is 0. The van der Waals surface area contributed by atoms with Crippen LogP contribution in [0.15, 0.2) is 0 Å². The van der Waals surface area contributed by atoms with Crippen LogP contribution < -0.4 is 0 Å². The third kappa shape index (κ3) is 11.4. The van der Waals surface area contributed by atoms with Crippen LogP contribution in [0.5, 0.6) is 0 Å². The molecule has 0 aromatic carbocycles. The van der Waals surface area contributed by atoms with E-state index >= 15 is 0 Å². The van der Waals surface area contributed by atoms with E-state index in [4.69, 9.17) is 5.26 Å².